The molecule has 4 heteroatoms. The summed E-state index contributed by atoms with van der Waals surface area (Å²) in [6.07, 6.45) is 1.57. The van der Waals surface area contributed by atoms with Gasteiger partial charge in [0.05, 0.1) is 11.3 Å². The topological polar surface area (TPSA) is 36.7 Å². The Morgan fingerprint density at radius 3 is 2.53 bits per heavy atom. The molecule has 0 N–H and O–H groups in total. The Hall–Kier alpha value is -1.44. The number of rotatable bonds is 1. The average Bonchev–Trinajstić information content (AvgIpc) is 2.28. The third-order valence-corrected chi connectivity index (χ3v) is 3.06. The predicted molar refractivity (Wildman–Crippen MR) is 73.6 cm³/mol. The summed E-state index contributed by atoms with van der Waals surface area (Å²) in [5.74, 6) is 0. The minimum atomic E-state index is 0.554. The van der Waals surface area contributed by atoms with Crippen molar-refractivity contribution in [3.05, 3.63) is 41.6 Å². The summed E-state index contributed by atoms with van der Waals surface area (Å²) in [4.78, 5) is 5.99. The number of hydrogen-bond donors (Lipinski definition) is 2. The van der Waals surface area contributed by atoms with E-state index < -0.39 is 0 Å². The summed E-state index contributed by atoms with van der Waals surface area (Å²) in [5, 5.41) is 8.73. The van der Waals surface area contributed by atoms with Gasteiger partial charge in [-0.2, -0.15) is 5.26 Å². The van der Waals surface area contributed by atoms with Crippen molar-refractivity contribution >= 4 is 25.3 Å². The molecule has 0 aliphatic carbocycles. The Labute approximate surface area is 111 Å². The van der Waals surface area contributed by atoms with Crippen LogP contribution in [-0.4, -0.2) is 4.98 Å². The first kappa shape index (κ1) is 12.0. The Morgan fingerprint density at radius 1 is 1.24 bits per heavy atom. The van der Waals surface area contributed by atoms with Crippen LogP contribution in [0.15, 0.2) is 40.3 Å². The van der Waals surface area contributed by atoms with Crippen molar-refractivity contribution in [2.45, 2.75) is 16.7 Å². The van der Waals surface area contributed by atoms with Crippen LogP contribution in [0.2, 0.25) is 0 Å². The molecule has 0 saturated heterocycles. The number of hydrogen-bond acceptors (Lipinski definition) is 4. The molecule has 0 fully saturated rings. The molecule has 1 heterocycles. The van der Waals surface area contributed by atoms with Gasteiger partial charge in [-0.25, -0.2) is 0 Å². The van der Waals surface area contributed by atoms with E-state index in [0.29, 0.717) is 5.56 Å². The van der Waals surface area contributed by atoms with Gasteiger partial charge in [-0.1, -0.05) is 0 Å². The summed E-state index contributed by atoms with van der Waals surface area (Å²) in [5.41, 5.74) is 3.42. The summed E-state index contributed by atoms with van der Waals surface area (Å²) in [6.45, 7) is 1.99. The third-order valence-electron chi connectivity index (χ3n) is 2.45. The second kappa shape index (κ2) is 4.82. The van der Waals surface area contributed by atoms with Crippen molar-refractivity contribution < 1.29 is 0 Å². The molecule has 0 spiro atoms. The molecule has 0 aliphatic rings. The van der Waals surface area contributed by atoms with Crippen LogP contribution in [-0.2, 0) is 0 Å². The minimum absolute atomic E-state index is 0.554. The molecule has 84 valence electrons. The van der Waals surface area contributed by atoms with Crippen LogP contribution in [0.3, 0.4) is 0 Å². The maximum Gasteiger partial charge on any atom is 0.101 e. The Bertz CT molecular complexity index is 575. The lowest BCUT2D eigenvalue weighted by atomic mass is 10.0. The highest BCUT2D eigenvalue weighted by molar-refractivity contribution is 7.81. The van der Waals surface area contributed by atoms with Crippen LogP contribution >= 0.6 is 25.3 Å². The fourth-order valence-corrected chi connectivity index (χ4v) is 2.55. The standard InChI is InChI=1S/C13H10N2S2/c1-8-4-10(16)5-12(17)13(8)11-3-2-9(6-14)7-15-11/h2-5,7,16-17H,1H3. The zero-order chi connectivity index (χ0) is 12.4. The molecule has 2 rings (SSSR count). The second-order valence-corrected chi connectivity index (χ2v) is 4.70. The Kier molecular flexibility index (Phi) is 3.41. The molecule has 0 bridgehead atoms. The number of thiol groups is 2. The molecule has 0 radical (unpaired) electrons. The molecule has 0 amide bonds. The van der Waals surface area contributed by atoms with Gasteiger partial charge >= 0.3 is 0 Å². The van der Waals surface area contributed by atoms with Crippen LogP contribution in [0.1, 0.15) is 11.1 Å². The average molecular weight is 258 g/mol. The first-order chi connectivity index (χ1) is 8.11. The van der Waals surface area contributed by atoms with E-state index in [0.717, 1.165) is 26.6 Å². The van der Waals surface area contributed by atoms with Crippen molar-refractivity contribution in [1.29, 1.82) is 5.26 Å². The van der Waals surface area contributed by atoms with Crippen LogP contribution in [0.4, 0.5) is 0 Å². The quantitative estimate of drug-likeness (QED) is 0.768. The van der Waals surface area contributed by atoms with Gasteiger partial charge in [0, 0.05) is 21.6 Å². The fraction of sp³-hybridized carbons (Fsp3) is 0.0769. The van der Waals surface area contributed by atoms with E-state index in [4.69, 9.17) is 5.26 Å². The Balaban J connectivity index is 2.57. The van der Waals surface area contributed by atoms with Crippen molar-refractivity contribution in [3.8, 4) is 17.3 Å². The molecular weight excluding hydrogens is 248 g/mol. The van der Waals surface area contributed by atoms with Crippen LogP contribution < -0.4 is 0 Å². The number of aromatic nitrogens is 1. The molecule has 1 aromatic heterocycles. The molecule has 1 aromatic carbocycles. The molecule has 0 unspecified atom stereocenters. The number of benzene rings is 1. The fourth-order valence-electron chi connectivity index (χ4n) is 1.69. The summed E-state index contributed by atoms with van der Waals surface area (Å²) in [7, 11) is 0. The van der Waals surface area contributed by atoms with Crippen molar-refractivity contribution in [1.82, 2.24) is 4.98 Å². The number of pyridine rings is 1. The highest BCUT2D eigenvalue weighted by Crippen LogP contribution is 2.30. The van der Waals surface area contributed by atoms with E-state index in [1.807, 2.05) is 25.1 Å². The highest BCUT2D eigenvalue weighted by Gasteiger charge is 2.08. The largest absolute Gasteiger partial charge is 0.255 e. The monoisotopic (exact) mass is 258 g/mol. The van der Waals surface area contributed by atoms with E-state index in [1.54, 1.807) is 12.3 Å². The number of nitriles is 1. The van der Waals surface area contributed by atoms with Crippen LogP contribution in [0.5, 0.6) is 0 Å². The summed E-state index contributed by atoms with van der Waals surface area (Å²) < 4.78 is 0. The second-order valence-electron chi connectivity index (χ2n) is 3.70. The zero-order valence-electron chi connectivity index (χ0n) is 9.18. The van der Waals surface area contributed by atoms with E-state index >= 15 is 0 Å². The molecule has 0 atom stereocenters. The first-order valence-corrected chi connectivity index (χ1v) is 5.90. The Morgan fingerprint density at radius 2 is 2.00 bits per heavy atom. The molecule has 0 saturated carbocycles. The molecule has 2 nitrogen and oxygen atoms in total. The SMILES string of the molecule is Cc1cc(S)cc(S)c1-c1ccc(C#N)cn1. The van der Waals surface area contributed by atoms with Gasteiger partial charge in [0.15, 0.2) is 0 Å². The van der Waals surface area contributed by atoms with Crippen molar-refractivity contribution in [3.63, 3.8) is 0 Å². The smallest absolute Gasteiger partial charge is 0.101 e. The highest BCUT2D eigenvalue weighted by atomic mass is 32.1. The summed E-state index contributed by atoms with van der Waals surface area (Å²) in [6, 6.07) is 9.49. The number of aryl methyl sites for hydroxylation is 1. The third kappa shape index (κ3) is 2.46. The molecule has 2 aromatic rings. The predicted octanol–water partition coefficient (Wildman–Crippen LogP) is 3.51. The van der Waals surface area contributed by atoms with Gasteiger partial charge in [-0.15, -0.1) is 25.3 Å². The normalized spacial score (nSPS) is 10.0. The van der Waals surface area contributed by atoms with E-state index in [-0.39, 0.29) is 0 Å². The molecule has 0 aliphatic heterocycles. The van der Waals surface area contributed by atoms with Crippen molar-refractivity contribution in [2.24, 2.45) is 0 Å². The van der Waals surface area contributed by atoms with Gasteiger partial charge in [0.2, 0.25) is 0 Å². The summed E-state index contributed by atoms with van der Waals surface area (Å²) >= 11 is 8.75. The van der Waals surface area contributed by atoms with E-state index in [9.17, 15) is 0 Å². The first-order valence-electron chi connectivity index (χ1n) is 5.01. The zero-order valence-corrected chi connectivity index (χ0v) is 11.0. The lowest BCUT2D eigenvalue weighted by Gasteiger charge is -2.09. The number of nitrogens with zero attached hydrogens (tertiary/aromatic N) is 2. The van der Waals surface area contributed by atoms with Gasteiger partial charge in [-0.05, 0) is 36.8 Å². The van der Waals surface area contributed by atoms with Gasteiger partial charge in [-0.3, -0.25) is 4.98 Å². The van der Waals surface area contributed by atoms with Crippen LogP contribution in [0.25, 0.3) is 11.3 Å². The van der Waals surface area contributed by atoms with E-state index in [1.165, 1.54) is 0 Å². The van der Waals surface area contributed by atoms with Gasteiger partial charge < -0.3 is 0 Å². The van der Waals surface area contributed by atoms with Gasteiger partial charge in [0.25, 0.3) is 0 Å². The lowest BCUT2D eigenvalue weighted by molar-refractivity contribution is 1.22. The lowest BCUT2D eigenvalue weighted by Crippen LogP contribution is -1.90. The minimum Gasteiger partial charge on any atom is -0.255 e. The van der Waals surface area contributed by atoms with E-state index in [2.05, 4.69) is 36.3 Å². The molecule has 17 heavy (non-hydrogen) atoms. The maximum absolute atomic E-state index is 8.73. The van der Waals surface area contributed by atoms with Crippen LogP contribution in [0, 0.1) is 18.3 Å². The van der Waals surface area contributed by atoms with Crippen molar-refractivity contribution in [2.75, 3.05) is 0 Å². The van der Waals surface area contributed by atoms with Gasteiger partial charge in [0.1, 0.15) is 6.07 Å². The maximum atomic E-state index is 8.73. The molecular formula is C13H10N2S2.